The van der Waals surface area contributed by atoms with E-state index in [1.165, 1.54) is 43.9 Å². The number of aliphatic hydroxyl groups excluding tert-OH is 1. The summed E-state index contributed by atoms with van der Waals surface area (Å²) in [6.07, 6.45) is 7.65. The number of phenolic OH excluding ortho intramolecular Hbond substituents is 1. The van der Waals surface area contributed by atoms with Crippen molar-refractivity contribution in [3.63, 3.8) is 0 Å². The minimum absolute atomic E-state index is 0.113. The van der Waals surface area contributed by atoms with Crippen LogP contribution in [0.4, 0.5) is 13.2 Å². The highest BCUT2D eigenvalue weighted by atomic mass is 19.1. The Kier molecular flexibility index (Phi) is 16.0. The number of aromatic amines is 3. The highest BCUT2D eigenvalue weighted by Crippen LogP contribution is 2.39. The van der Waals surface area contributed by atoms with Gasteiger partial charge in [0, 0.05) is 90.7 Å². The molecule has 0 radical (unpaired) electrons. The zero-order valence-corrected chi connectivity index (χ0v) is 48.0. The van der Waals surface area contributed by atoms with Crippen LogP contribution < -0.4 is 23.7 Å². The molecule has 0 saturated carbocycles. The fourth-order valence-electron chi connectivity index (χ4n) is 10.6. The van der Waals surface area contributed by atoms with Crippen molar-refractivity contribution in [2.45, 2.75) is 73.0 Å². The van der Waals surface area contributed by atoms with Crippen molar-refractivity contribution in [3.05, 3.63) is 161 Å². The van der Waals surface area contributed by atoms with Crippen molar-refractivity contribution < 1.29 is 51.8 Å². The Hall–Kier alpha value is -9.57. The lowest BCUT2D eigenvalue weighted by atomic mass is 10.1. The molecule has 2 atom stereocenters. The van der Waals surface area contributed by atoms with Gasteiger partial charge in [-0.3, -0.25) is 0 Å². The maximum absolute atomic E-state index is 15.0. The van der Waals surface area contributed by atoms with Crippen LogP contribution in [-0.2, 0) is 4.74 Å². The fourth-order valence-corrected chi connectivity index (χ4v) is 10.6. The van der Waals surface area contributed by atoms with E-state index in [-0.39, 0.29) is 35.7 Å². The minimum atomic E-state index is -0.566. The van der Waals surface area contributed by atoms with E-state index in [0.29, 0.717) is 85.2 Å². The fraction of sp³-hybridized carbons (Fsp3) is 0.262. The maximum atomic E-state index is 15.0. The number of fused-ring (bicyclic) bond motifs is 6. The number of aromatic nitrogens is 9. The molecule has 440 valence electrons. The lowest BCUT2D eigenvalue weighted by molar-refractivity contribution is 0.0615. The molecule has 14 rings (SSSR count). The van der Waals surface area contributed by atoms with Gasteiger partial charge in [-0.2, -0.15) is 30.6 Å². The molecule has 2 fully saturated rings. The van der Waals surface area contributed by atoms with Crippen molar-refractivity contribution in [2.24, 2.45) is 0 Å². The quantitative estimate of drug-likeness (QED) is 0.0638. The number of nitrogens with one attached hydrogen (secondary N) is 3. The van der Waals surface area contributed by atoms with Crippen LogP contribution in [0, 0.1) is 59.0 Å². The van der Waals surface area contributed by atoms with E-state index >= 15 is 4.39 Å². The minimum Gasteiger partial charge on any atom is -0.508 e. The molecule has 6 aromatic carbocycles. The Bertz CT molecular complexity index is 4500. The number of aryl methyl sites for hydroxylation is 6. The van der Waals surface area contributed by atoms with Crippen LogP contribution >= 0.6 is 0 Å². The third-order valence-corrected chi connectivity index (χ3v) is 15.1. The van der Waals surface area contributed by atoms with Gasteiger partial charge in [-0.1, -0.05) is 6.42 Å². The normalized spacial score (nSPS) is 14.5. The summed E-state index contributed by atoms with van der Waals surface area (Å²) in [6, 6.07) is 26.1. The third kappa shape index (κ3) is 12.3. The number of β-amino-alcohol motifs (C(OH)–C–C–N with tert-alkyl or cyclic N) is 1. The van der Waals surface area contributed by atoms with Crippen LogP contribution in [0.2, 0.25) is 0 Å². The molecule has 2 saturated heterocycles. The van der Waals surface area contributed by atoms with Gasteiger partial charge < -0.3 is 58.5 Å². The number of epoxide rings is 1. The molecule has 0 bridgehead atoms. The largest absolute Gasteiger partial charge is 0.508 e. The smallest absolute Gasteiger partial charge is 0.175 e. The third-order valence-electron chi connectivity index (χ3n) is 15.1. The molecule has 2 aliphatic rings. The number of aromatic hydroxyl groups is 1. The molecule has 2 aliphatic heterocycles. The average molecular weight is 1170 g/mol. The summed E-state index contributed by atoms with van der Waals surface area (Å²) in [5.74, 6) is 1.84. The van der Waals surface area contributed by atoms with Crippen molar-refractivity contribution in [1.82, 2.24) is 50.4 Å². The van der Waals surface area contributed by atoms with Crippen LogP contribution in [0.25, 0.3) is 65.4 Å². The van der Waals surface area contributed by atoms with Crippen molar-refractivity contribution in [2.75, 3.05) is 39.5 Å². The first-order chi connectivity index (χ1) is 41.6. The first kappa shape index (κ1) is 56.9. The van der Waals surface area contributed by atoms with Crippen LogP contribution in [-0.4, -0.2) is 112 Å². The predicted molar refractivity (Wildman–Crippen MR) is 321 cm³/mol. The van der Waals surface area contributed by atoms with Crippen LogP contribution in [0.3, 0.4) is 0 Å². The van der Waals surface area contributed by atoms with Gasteiger partial charge in [0.2, 0.25) is 0 Å². The SMILES string of the molecule is Cc1cc2c(F)c(Oc3cnnc4cc(O)c(C)cc34)ccc2[nH]1.Cc1cc2c(F)c(Oc3cnnc4cc(OCC5CO5)c(C)cc34)ccc2[nH]1.Cc1cc2c(F)c(Oc3cnnc4cc(OC[C@H](O)CN5CCCCC5)c(C)cc34)ccc2[nH]1. The Morgan fingerprint density at radius 1 is 0.512 bits per heavy atom. The number of ether oxygens (including phenoxy) is 6. The Balaban J connectivity index is 0.000000128. The number of hydrogen-bond donors (Lipinski definition) is 5. The number of piperidine rings is 1. The first-order valence-corrected chi connectivity index (χ1v) is 28.2. The van der Waals surface area contributed by atoms with Gasteiger partial charge in [-0.05, 0) is 157 Å². The summed E-state index contributed by atoms with van der Waals surface area (Å²) in [7, 11) is 0. The summed E-state index contributed by atoms with van der Waals surface area (Å²) in [6.45, 7) is 15.4. The molecule has 18 nitrogen and oxygen atoms in total. The van der Waals surface area contributed by atoms with Crippen molar-refractivity contribution >= 4 is 65.4 Å². The van der Waals surface area contributed by atoms with E-state index in [4.69, 9.17) is 28.4 Å². The molecule has 6 aromatic heterocycles. The second-order valence-electron chi connectivity index (χ2n) is 21.8. The average Bonchev–Trinajstić information content (AvgIpc) is 2.33. The molecule has 0 spiro atoms. The van der Waals surface area contributed by atoms with Crippen LogP contribution in [0.15, 0.2) is 110 Å². The molecular weight excluding hydrogens is 1110 g/mol. The van der Waals surface area contributed by atoms with E-state index in [2.05, 4.69) is 50.4 Å². The molecule has 5 N–H and O–H groups in total. The number of likely N-dealkylation sites (tertiary alicyclic amines) is 1. The summed E-state index contributed by atoms with van der Waals surface area (Å²) >= 11 is 0. The summed E-state index contributed by atoms with van der Waals surface area (Å²) < 4.78 is 79.1. The van der Waals surface area contributed by atoms with Gasteiger partial charge in [0.1, 0.15) is 59.2 Å². The molecule has 12 aromatic rings. The predicted octanol–water partition coefficient (Wildman–Crippen LogP) is 13.7. The Morgan fingerprint density at radius 3 is 1.35 bits per heavy atom. The zero-order chi connectivity index (χ0) is 59.8. The molecule has 21 heteroatoms. The number of nitrogens with zero attached hydrogens (tertiary/aromatic N) is 7. The van der Waals surface area contributed by atoms with Crippen LogP contribution in [0.5, 0.6) is 51.7 Å². The van der Waals surface area contributed by atoms with Gasteiger partial charge in [-0.25, -0.2) is 13.2 Å². The highest BCUT2D eigenvalue weighted by molar-refractivity contribution is 5.90. The van der Waals surface area contributed by atoms with Crippen molar-refractivity contribution in [1.29, 1.82) is 0 Å². The molecule has 0 amide bonds. The summed E-state index contributed by atoms with van der Waals surface area (Å²) in [5, 5.41) is 48.0. The van der Waals surface area contributed by atoms with Gasteiger partial charge in [-0.15, -0.1) is 0 Å². The number of benzene rings is 6. The van der Waals surface area contributed by atoms with E-state index < -0.39 is 23.6 Å². The Morgan fingerprint density at radius 2 is 0.919 bits per heavy atom. The molecule has 0 aliphatic carbocycles. The van der Waals surface area contributed by atoms with Crippen molar-refractivity contribution in [3.8, 4) is 51.7 Å². The lowest BCUT2D eigenvalue weighted by Crippen LogP contribution is -2.38. The van der Waals surface area contributed by atoms with E-state index in [1.54, 1.807) is 73.7 Å². The molecular formula is C65H61F3N10O8. The number of aliphatic hydroxyl groups is 1. The molecule has 8 heterocycles. The maximum Gasteiger partial charge on any atom is 0.175 e. The summed E-state index contributed by atoms with van der Waals surface area (Å²) in [4.78, 5) is 11.6. The van der Waals surface area contributed by atoms with Gasteiger partial charge >= 0.3 is 0 Å². The second-order valence-corrected chi connectivity index (χ2v) is 21.8. The molecule has 1 unspecified atom stereocenters. The number of hydrogen-bond acceptors (Lipinski definition) is 15. The second kappa shape index (κ2) is 24.2. The monoisotopic (exact) mass is 1170 g/mol. The number of phenols is 1. The van der Waals surface area contributed by atoms with E-state index in [1.807, 2.05) is 52.8 Å². The van der Waals surface area contributed by atoms with Gasteiger partial charge in [0.15, 0.2) is 51.9 Å². The Labute approximate surface area is 490 Å². The summed E-state index contributed by atoms with van der Waals surface area (Å²) in [5.41, 5.74) is 8.98. The van der Waals surface area contributed by atoms with E-state index in [0.717, 1.165) is 75.6 Å². The van der Waals surface area contributed by atoms with E-state index in [9.17, 15) is 19.0 Å². The van der Waals surface area contributed by atoms with Gasteiger partial charge in [0.05, 0.1) is 25.2 Å². The topological polar surface area (TPSA) is 227 Å². The standard InChI is InChI=1S/C26H29FN4O3.C21H18FN3O3.C18H14FN3O2/c1-16-10-19-22(12-24(16)33-15-18(32)14-31-8-4-3-5-9-31)30-28-13-25(19)34-23-7-6-21-20(26(23)27)11-17(2)29-21;1-11-5-14-17(7-19(11)27-10-13-9-26-13)25-23-8-20(14)28-18-4-3-16-15(21(18)22)6-12(2)24-16;1-9-5-11-14(7-15(9)23)22-20-8-17(11)24-16-4-3-13-12(18(16)19)6-10(2)21-13/h6-7,10-13,18,29,32H,3-5,8-9,14-15H2,1-2H3;3-8,13,24H,9-10H2,1-2H3;3-8,21,23H,1-2H3/t18-;;/m1../s1. The number of H-pyrrole nitrogens is 3. The first-order valence-electron chi connectivity index (χ1n) is 28.2. The van der Waals surface area contributed by atoms with Crippen LogP contribution in [0.1, 0.15) is 53.0 Å². The molecule has 86 heavy (non-hydrogen) atoms. The lowest BCUT2D eigenvalue weighted by Gasteiger charge is -2.28. The van der Waals surface area contributed by atoms with Gasteiger partial charge in [0.25, 0.3) is 0 Å². The highest BCUT2D eigenvalue weighted by Gasteiger charge is 2.24. The zero-order valence-electron chi connectivity index (χ0n) is 48.0. The number of halogens is 3. The number of rotatable bonds is 14.